The average Bonchev–Trinajstić information content (AvgIpc) is 2.65. The summed E-state index contributed by atoms with van der Waals surface area (Å²) in [5.41, 5.74) is 2.91. The number of carbonyl (C=O) groups is 1. The lowest BCUT2D eigenvalue weighted by atomic mass is 9.89. The summed E-state index contributed by atoms with van der Waals surface area (Å²) in [6.07, 6.45) is 0.774. The third-order valence-electron chi connectivity index (χ3n) is 5.62. The molecule has 0 spiro atoms. The lowest BCUT2D eigenvalue weighted by Crippen LogP contribution is -2.52. The highest BCUT2D eigenvalue weighted by molar-refractivity contribution is 7.92. The lowest BCUT2D eigenvalue weighted by molar-refractivity contribution is -0.129. The Labute approximate surface area is 183 Å². The number of rotatable bonds is 3. The zero-order valence-corrected chi connectivity index (χ0v) is 19.2. The van der Waals surface area contributed by atoms with Crippen molar-refractivity contribution in [3.05, 3.63) is 53.1 Å². The first-order valence-electron chi connectivity index (χ1n) is 10.3. The Morgan fingerprint density at radius 2 is 1.77 bits per heavy atom. The Morgan fingerprint density at radius 3 is 2.48 bits per heavy atom. The SMILES string of the molecule is Cc1ccc2c(c1)OC(C)(C)C[C@H]2NC(=O)[C@@H]1CN(S(C)(=O)=O)c2cc(C)ccc2O1. The zero-order chi connectivity index (χ0) is 22.6. The molecule has 2 heterocycles. The molecule has 1 N–H and O–H groups in total. The Kier molecular flexibility index (Phi) is 5.16. The van der Waals surface area contributed by atoms with Crippen LogP contribution in [-0.2, 0) is 14.8 Å². The summed E-state index contributed by atoms with van der Waals surface area (Å²) in [7, 11) is -3.57. The molecule has 31 heavy (non-hydrogen) atoms. The van der Waals surface area contributed by atoms with Crippen LogP contribution in [0, 0.1) is 13.8 Å². The number of ether oxygens (including phenoxy) is 2. The number of anilines is 1. The number of hydrogen-bond donors (Lipinski definition) is 1. The summed E-state index contributed by atoms with van der Waals surface area (Å²) < 4.78 is 38.1. The molecule has 0 radical (unpaired) electrons. The smallest absolute Gasteiger partial charge is 0.263 e. The molecule has 2 aliphatic heterocycles. The van der Waals surface area contributed by atoms with E-state index in [-0.39, 0.29) is 18.5 Å². The predicted octanol–water partition coefficient (Wildman–Crippen LogP) is 3.25. The van der Waals surface area contributed by atoms with E-state index in [4.69, 9.17) is 9.47 Å². The van der Waals surface area contributed by atoms with E-state index < -0.39 is 21.7 Å². The molecule has 7 nitrogen and oxygen atoms in total. The predicted molar refractivity (Wildman–Crippen MR) is 119 cm³/mol. The summed E-state index contributed by atoms with van der Waals surface area (Å²) in [6.45, 7) is 7.77. The second-order valence-electron chi connectivity index (χ2n) is 9.04. The molecule has 2 atom stereocenters. The van der Waals surface area contributed by atoms with Crippen LogP contribution in [0.3, 0.4) is 0 Å². The third-order valence-corrected chi connectivity index (χ3v) is 6.77. The molecule has 166 valence electrons. The maximum absolute atomic E-state index is 13.2. The van der Waals surface area contributed by atoms with Crippen molar-refractivity contribution in [1.29, 1.82) is 0 Å². The summed E-state index contributed by atoms with van der Waals surface area (Å²) >= 11 is 0. The Hall–Kier alpha value is -2.74. The second kappa shape index (κ2) is 7.44. The van der Waals surface area contributed by atoms with Crippen LogP contribution in [0.1, 0.15) is 43.0 Å². The maximum atomic E-state index is 13.2. The Bertz CT molecular complexity index is 1140. The van der Waals surface area contributed by atoms with Gasteiger partial charge in [0, 0.05) is 12.0 Å². The number of nitrogens with one attached hydrogen (secondary N) is 1. The number of carbonyl (C=O) groups excluding carboxylic acids is 1. The van der Waals surface area contributed by atoms with Gasteiger partial charge in [-0.1, -0.05) is 18.2 Å². The third kappa shape index (κ3) is 4.35. The molecule has 0 saturated heterocycles. The van der Waals surface area contributed by atoms with Gasteiger partial charge in [-0.25, -0.2) is 8.42 Å². The van der Waals surface area contributed by atoms with Gasteiger partial charge in [-0.2, -0.15) is 0 Å². The average molecular weight is 445 g/mol. The van der Waals surface area contributed by atoms with Crippen molar-refractivity contribution in [2.75, 3.05) is 17.1 Å². The van der Waals surface area contributed by atoms with E-state index in [2.05, 4.69) is 5.32 Å². The molecule has 2 aliphatic rings. The second-order valence-corrected chi connectivity index (χ2v) is 10.9. The van der Waals surface area contributed by atoms with Crippen molar-refractivity contribution in [3.8, 4) is 11.5 Å². The topological polar surface area (TPSA) is 84.9 Å². The van der Waals surface area contributed by atoms with Crippen LogP contribution >= 0.6 is 0 Å². The molecule has 0 aliphatic carbocycles. The summed E-state index contributed by atoms with van der Waals surface area (Å²) in [4.78, 5) is 13.2. The highest BCUT2D eigenvalue weighted by atomic mass is 32.2. The monoisotopic (exact) mass is 444 g/mol. The van der Waals surface area contributed by atoms with Crippen LogP contribution in [-0.4, -0.2) is 38.8 Å². The fourth-order valence-corrected chi connectivity index (χ4v) is 5.07. The summed E-state index contributed by atoms with van der Waals surface area (Å²) in [6, 6.07) is 11.0. The van der Waals surface area contributed by atoms with Gasteiger partial charge >= 0.3 is 0 Å². The van der Waals surface area contributed by atoms with Gasteiger partial charge in [-0.3, -0.25) is 9.10 Å². The van der Waals surface area contributed by atoms with Crippen molar-refractivity contribution >= 4 is 21.6 Å². The number of benzene rings is 2. The van der Waals surface area contributed by atoms with Gasteiger partial charge in [-0.05, 0) is 57.0 Å². The molecule has 2 aromatic rings. The van der Waals surface area contributed by atoms with Crippen molar-refractivity contribution in [2.45, 2.75) is 51.9 Å². The van der Waals surface area contributed by atoms with Gasteiger partial charge in [0.05, 0.1) is 24.5 Å². The highest BCUT2D eigenvalue weighted by Crippen LogP contribution is 2.40. The van der Waals surface area contributed by atoms with E-state index in [0.717, 1.165) is 28.7 Å². The van der Waals surface area contributed by atoms with Crippen LogP contribution in [0.4, 0.5) is 5.69 Å². The molecule has 0 unspecified atom stereocenters. The van der Waals surface area contributed by atoms with E-state index in [1.165, 1.54) is 4.31 Å². The number of nitrogens with zero attached hydrogens (tertiary/aromatic N) is 1. The maximum Gasteiger partial charge on any atom is 0.263 e. The lowest BCUT2D eigenvalue weighted by Gasteiger charge is -2.39. The number of sulfonamides is 1. The van der Waals surface area contributed by atoms with E-state index in [1.54, 1.807) is 12.1 Å². The molecule has 0 bridgehead atoms. The molecule has 0 aromatic heterocycles. The first-order chi connectivity index (χ1) is 14.4. The van der Waals surface area contributed by atoms with Crippen molar-refractivity contribution in [2.24, 2.45) is 0 Å². The first-order valence-corrected chi connectivity index (χ1v) is 12.1. The molecule has 2 aromatic carbocycles. The first kappa shape index (κ1) is 21.5. The Balaban J connectivity index is 1.61. The molecule has 0 saturated carbocycles. The van der Waals surface area contributed by atoms with E-state index in [0.29, 0.717) is 17.9 Å². The minimum absolute atomic E-state index is 0.0749. The van der Waals surface area contributed by atoms with Gasteiger partial charge in [0.25, 0.3) is 5.91 Å². The number of fused-ring (bicyclic) bond motifs is 2. The van der Waals surface area contributed by atoms with Crippen LogP contribution < -0.4 is 19.1 Å². The molecule has 0 fully saturated rings. The van der Waals surface area contributed by atoms with E-state index >= 15 is 0 Å². The van der Waals surface area contributed by atoms with E-state index in [9.17, 15) is 13.2 Å². The van der Waals surface area contributed by atoms with Crippen molar-refractivity contribution in [1.82, 2.24) is 5.32 Å². The summed E-state index contributed by atoms with van der Waals surface area (Å²) in [5.74, 6) is 0.782. The highest BCUT2D eigenvalue weighted by Gasteiger charge is 2.39. The molecule has 8 heteroatoms. The number of amides is 1. The summed E-state index contributed by atoms with van der Waals surface area (Å²) in [5, 5.41) is 3.07. The molecule has 4 rings (SSSR count). The quantitative estimate of drug-likeness (QED) is 0.786. The standard InChI is InChI=1S/C23H28N2O5S/c1-14-7-9-19-18(10-14)25(31(5,27)28)13-21(29-19)22(26)24-17-12-23(3,4)30-20-11-15(2)6-8-16(17)20/h6-11,17,21H,12-13H2,1-5H3,(H,24,26)/t17-,21+/m1/s1. The molecular weight excluding hydrogens is 416 g/mol. The van der Waals surface area contributed by atoms with Crippen LogP contribution in [0.25, 0.3) is 0 Å². The Morgan fingerprint density at radius 1 is 1.10 bits per heavy atom. The molecule has 1 amide bonds. The van der Waals surface area contributed by atoms with Gasteiger partial charge in [-0.15, -0.1) is 0 Å². The largest absolute Gasteiger partial charge is 0.487 e. The van der Waals surface area contributed by atoms with Gasteiger partial charge in [0.2, 0.25) is 10.0 Å². The molecular formula is C23H28N2O5S. The van der Waals surface area contributed by atoms with Crippen LogP contribution in [0.5, 0.6) is 11.5 Å². The fraction of sp³-hybridized carbons (Fsp3) is 0.435. The van der Waals surface area contributed by atoms with E-state index in [1.807, 2.05) is 52.0 Å². The van der Waals surface area contributed by atoms with Gasteiger partial charge < -0.3 is 14.8 Å². The normalized spacial score (nSPS) is 21.9. The fourth-order valence-electron chi connectivity index (χ4n) is 4.16. The van der Waals surface area contributed by atoms with Crippen LogP contribution in [0.2, 0.25) is 0 Å². The van der Waals surface area contributed by atoms with Gasteiger partial charge in [0.15, 0.2) is 6.10 Å². The van der Waals surface area contributed by atoms with Crippen LogP contribution in [0.15, 0.2) is 36.4 Å². The van der Waals surface area contributed by atoms with Crippen molar-refractivity contribution in [3.63, 3.8) is 0 Å². The van der Waals surface area contributed by atoms with Crippen molar-refractivity contribution < 1.29 is 22.7 Å². The number of aryl methyl sites for hydroxylation is 2. The zero-order valence-electron chi connectivity index (χ0n) is 18.4. The minimum Gasteiger partial charge on any atom is -0.487 e. The van der Waals surface area contributed by atoms with Gasteiger partial charge in [0.1, 0.15) is 17.1 Å². The minimum atomic E-state index is -3.57. The number of hydrogen-bond acceptors (Lipinski definition) is 5.